The Kier molecular flexibility index (Phi) is 5.69. The number of carbonyl (C=O) groups excluding carboxylic acids is 1. The van der Waals surface area contributed by atoms with Crippen LogP contribution in [0.5, 0.6) is 0 Å². The van der Waals surface area contributed by atoms with Crippen molar-refractivity contribution in [2.24, 2.45) is 0 Å². The largest absolute Gasteiger partial charge is 0.469 e. The van der Waals surface area contributed by atoms with Crippen LogP contribution < -0.4 is 0 Å². The van der Waals surface area contributed by atoms with E-state index < -0.39 is 6.10 Å². The second-order valence-electron chi connectivity index (χ2n) is 3.71. The predicted octanol–water partition coefficient (Wildman–Crippen LogP) is 2.27. The Morgan fingerprint density at radius 2 is 2.33 bits per heavy atom. The smallest absolute Gasteiger partial charge is 0.306 e. The Bertz CT molecular complexity index is 466. The molecule has 5 heteroatoms. The minimum Gasteiger partial charge on any atom is -0.469 e. The zero-order valence-electron chi connectivity index (χ0n) is 10.3. The number of thioether (sulfide) groups is 1. The van der Waals surface area contributed by atoms with Gasteiger partial charge in [-0.25, -0.2) is 0 Å². The van der Waals surface area contributed by atoms with E-state index in [9.17, 15) is 9.90 Å². The number of nitrogens with zero attached hydrogens (tertiary/aromatic N) is 1. The summed E-state index contributed by atoms with van der Waals surface area (Å²) in [5.74, 6) is 0.291. The number of nitriles is 1. The van der Waals surface area contributed by atoms with Gasteiger partial charge in [0.05, 0.1) is 31.3 Å². The van der Waals surface area contributed by atoms with Crippen LogP contribution in [0, 0.1) is 11.3 Å². The minimum atomic E-state index is -0.599. The lowest BCUT2D eigenvalue weighted by molar-refractivity contribution is -0.140. The van der Waals surface area contributed by atoms with Crippen molar-refractivity contribution in [2.45, 2.75) is 24.3 Å². The number of methoxy groups -OCH3 is 1. The summed E-state index contributed by atoms with van der Waals surface area (Å²) in [4.78, 5) is 11.8. The van der Waals surface area contributed by atoms with E-state index >= 15 is 0 Å². The van der Waals surface area contributed by atoms with Crippen LogP contribution >= 0.6 is 11.8 Å². The molecule has 1 atom stereocenters. The van der Waals surface area contributed by atoms with Gasteiger partial charge < -0.3 is 9.84 Å². The van der Waals surface area contributed by atoms with Crippen molar-refractivity contribution in [3.8, 4) is 6.07 Å². The van der Waals surface area contributed by atoms with Gasteiger partial charge in [-0.2, -0.15) is 5.26 Å². The number of aliphatic hydroxyl groups is 1. The van der Waals surface area contributed by atoms with Gasteiger partial charge in [0.1, 0.15) is 0 Å². The molecule has 0 saturated carbocycles. The first-order chi connectivity index (χ1) is 8.58. The fourth-order valence-corrected chi connectivity index (χ4v) is 2.52. The fraction of sp³-hybridized carbons (Fsp3) is 0.385. The molecule has 96 valence electrons. The summed E-state index contributed by atoms with van der Waals surface area (Å²) in [7, 11) is 1.35. The van der Waals surface area contributed by atoms with Gasteiger partial charge in [0.2, 0.25) is 0 Å². The van der Waals surface area contributed by atoms with E-state index in [0.717, 1.165) is 10.5 Å². The summed E-state index contributed by atoms with van der Waals surface area (Å²) in [6, 6.07) is 7.20. The number of aliphatic hydroxyl groups excluding tert-OH is 1. The number of benzene rings is 1. The zero-order valence-corrected chi connectivity index (χ0v) is 11.2. The normalized spacial score (nSPS) is 11.7. The summed E-state index contributed by atoms with van der Waals surface area (Å²) in [6.07, 6.45) is -0.296. The van der Waals surface area contributed by atoms with Crippen LogP contribution in [0.3, 0.4) is 0 Å². The van der Waals surface area contributed by atoms with E-state index in [-0.39, 0.29) is 5.97 Å². The molecule has 0 spiro atoms. The van der Waals surface area contributed by atoms with Crippen molar-refractivity contribution in [1.29, 1.82) is 5.26 Å². The van der Waals surface area contributed by atoms with Gasteiger partial charge >= 0.3 is 5.97 Å². The van der Waals surface area contributed by atoms with E-state index in [1.54, 1.807) is 25.1 Å². The van der Waals surface area contributed by atoms with E-state index in [1.165, 1.54) is 18.9 Å². The Balaban J connectivity index is 2.78. The molecule has 1 unspecified atom stereocenters. The molecule has 0 heterocycles. The first-order valence-corrected chi connectivity index (χ1v) is 6.48. The summed E-state index contributed by atoms with van der Waals surface area (Å²) < 4.78 is 4.56. The number of rotatable bonds is 5. The number of ether oxygens (including phenoxy) is 1. The average Bonchev–Trinajstić information content (AvgIpc) is 2.37. The van der Waals surface area contributed by atoms with Crippen LogP contribution in [0.25, 0.3) is 0 Å². The molecule has 0 aliphatic rings. The second kappa shape index (κ2) is 7.04. The molecule has 0 aromatic heterocycles. The number of carbonyl (C=O) groups is 1. The van der Waals surface area contributed by atoms with Crippen molar-refractivity contribution >= 4 is 17.7 Å². The lowest BCUT2D eigenvalue weighted by Gasteiger charge is -2.11. The van der Waals surface area contributed by atoms with Crippen molar-refractivity contribution in [3.05, 3.63) is 29.3 Å². The molecule has 18 heavy (non-hydrogen) atoms. The van der Waals surface area contributed by atoms with Crippen molar-refractivity contribution in [2.75, 3.05) is 12.9 Å². The van der Waals surface area contributed by atoms with Crippen LogP contribution in [0.4, 0.5) is 0 Å². The molecule has 1 N–H and O–H groups in total. The highest BCUT2D eigenvalue weighted by atomic mass is 32.2. The van der Waals surface area contributed by atoms with Crippen LogP contribution in [0.15, 0.2) is 23.1 Å². The quantitative estimate of drug-likeness (QED) is 0.653. The van der Waals surface area contributed by atoms with E-state index in [2.05, 4.69) is 10.8 Å². The maximum atomic E-state index is 11.0. The summed E-state index contributed by atoms with van der Waals surface area (Å²) in [5, 5.41) is 18.5. The summed E-state index contributed by atoms with van der Waals surface area (Å²) in [6.45, 7) is 1.67. The average molecular weight is 265 g/mol. The lowest BCUT2D eigenvalue weighted by atomic mass is 10.1. The number of hydrogen-bond acceptors (Lipinski definition) is 5. The highest BCUT2D eigenvalue weighted by molar-refractivity contribution is 7.99. The van der Waals surface area contributed by atoms with E-state index in [1.807, 2.05) is 0 Å². The van der Waals surface area contributed by atoms with Crippen molar-refractivity contribution < 1.29 is 14.6 Å². The second-order valence-corrected chi connectivity index (χ2v) is 4.85. The lowest BCUT2D eigenvalue weighted by Crippen LogP contribution is -2.02. The third-order valence-corrected chi connectivity index (χ3v) is 3.46. The van der Waals surface area contributed by atoms with Crippen molar-refractivity contribution in [1.82, 2.24) is 0 Å². The number of esters is 1. The molecule has 0 radical (unpaired) electrons. The predicted molar refractivity (Wildman–Crippen MR) is 69.1 cm³/mol. The molecule has 1 aromatic rings. The molecule has 0 aliphatic heterocycles. The molecule has 1 rings (SSSR count). The van der Waals surface area contributed by atoms with Crippen LogP contribution in [-0.4, -0.2) is 23.9 Å². The highest BCUT2D eigenvalue weighted by Gasteiger charge is 2.10. The highest BCUT2D eigenvalue weighted by Crippen LogP contribution is 2.29. The van der Waals surface area contributed by atoms with Gasteiger partial charge in [-0.05, 0) is 24.6 Å². The molecular formula is C13H15NO3S. The Morgan fingerprint density at radius 1 is 1.61 bits per heavy atom. The summed E-state index contributed by atoms with van der Waals surface area (Å²) >= 11 is 1.44. The minimum absolute atomic E-state index is 0.266. The molecule has 0 amide bonds. The van der Waals surface area contributed by atoms with Crippen molar-refractivity contribution in [3.63, 3.8) is 0 Å². The van der Waals surface area contributed by atoms with E-state index in [4.69, 9.17) is 5.26 Å². The first kappa shape index (κ1) is 14.6. The van der Waals surface area contributed by atoms with E-state index in [0.29, 0.717) is 17.7 Å². The third kappa shape index (κ3) is 4.06. The van der Waals surface area contributed by atoms with Crippen LogP contribution in [-0.2, 0) is 9.53 Å². The molecule has 0 aliphatic carbocycles. The maximum Gasteiger partial charge on any atom is 0.306 e. The standard InChI is InChI=1S/C13H15NO3S/c1-9(15)11-4-3-10(8-14)7-12(11)18-6-5-13(16)17-2/h3-4,7,9,15H,5-6H2,1-2H3. The van der Waals surface area contributed by atoms with Gasteiger partial charge in [-0.1, -0.05) is 6.07 Å². The monoisotopic (exact) mass is 265 g/mol. The molecular weight excluding hydrogens is 250 g/mol. The Morgan fingerprint density at radius 3 is 2.89 bits per heavy atom. The SMILES string of the molecule is COC(=O)CCSc1cc(C#N)ccc1C(C)O. The van der Waals surface area contributed by atoms with Crippen LogP contribution in [0.2, 0.25) is 0 Å². The molecule has 1 aromatic carbocycles. The fourth-order valence-electron chi connectivity index (χ4n) is 1.42. The molecule has 0 bridgehead atoms. The van der Waals surface area contributed by atoms with Gasteiger partial charge in [0.25, 0.3) is 0 Å². The first-order valence-electron chi connectivity index (χ1n) is 5.50. The molecule has 4 nitrogen and oxygen atoms in total. The Labute approximate surface area is 111 Å². The Hall–Kier alpha value is -1.51. The number of hydrogen-bond donors (Lipinski definition) is 1. The third-order valence-electron chi connectivity index (χ3n) is 2.38. The van der Waals surface area contributed by atoms with Gasteiger partial charge in [0.15, 0.2) is 0 Å². The molecule has 0 saturated heterocycles. The van der Waals surface area contributed by atoms with Gasteiger partial charge in [-0.15, -0.1) is 11.8 Å². The maximum absolute atomic E-state index is 11.0. The van der Waals surface area contributed by atoms with Crippen LogP contribution in [0.1, 0.15) is 30.6 Å². The summed E-state index contributed by atoms with van der Waals surface area (Å²) in [5.41, 5.74) is 1.31. The molecule has 0 fully saturated rings. The van der Waals surface area contributed by atoms with Gasteiger partial charge in [-0.3, -0.25) is 4.79 Å². The zero-order chi connectivity index (χ0) is 13.5. The van der Waals surface area contributed by atoms with Gasteiger partial charge in [0, 0.05) is 10.6 Å². The topological polar surface area (TPSA) is 70.3 Å².